The van der Waals surface area contributed by atoms with Gasteiger partial charge < -0.3 is 9.47 Å². The van der Waals surface area contributed by atoms with E-state index >= 15 is 0 Å². The van der Waals surface area contributed by atoms with Crippen LogP contribution in [-0.4, -0.2) is 18.3 Å². The highest BCUT2D eigenvalue weighted by molar-refractivity contribution is 8.00. The van der Waals surface area contributed by atoms with E-state index in [1.165, 1.54) is 11.1 Å². The molecule has 1 aliphatic heterocycles. The Morgan fingerprint density at radius 3 is 2.71 bits per heavy atom. The SMILES string of the molecule is Cc1ccc(SCC(=O)c2ccc3c(c2)OCO3)c(C)c1. The van der Waals surface area contributed by atoms with Crippen molar-refractivity contribution in [2.24, 2.45) is 0 Å². The predicted molar refractivity (Wildman–Crippen MR) is 83.5 cm³/mol. The van der Waals surface area contributed by atoms with Gasteiger partial charge in [-0.1, -0.05) is 17.7 Å². The van der Waals surface area contributed by atoms with E-state index in [9.17, 15) is 4.79 Å². The van der Waals surface area contributed by atoms with Crippen LogP contribution in [0.3, 0.4) is 0 Å². The van der Waals surface area contributed by atoms with Crippen molar-refractivity contribution in [2.75, 3.05) is 12.5 Å². The number of carbonyl (C=O) groups excluding carboxylic acids is 1. The summed E-state index contributed by atoms with van der Waals surface area (Å²) >= 11 is 1.57. The van der Waals surface area contributed by atoms with Gasteiger partial charge >= 0.3 is 0 Å². The third-order valence-electron chi connectivity index (χ3n) is 3.38. The lowest BCUT2D eigenvalue weighted by molar-refractivity contribution is 0.102. The zero-order chi connectivity index (χ0) is 14.8. The van der Waals surface area contributed by atoms with Gasteiger partial charge in [-0.05, 0) is 43.7 Å². The minimum absolute atomic E-state index is 0.0956. The first kappa shape index (κ1) is 14.0. The van der Waals surface area contributed by atoms with E-state index in [0.29, 0.717) is 22.8 Å². The summed E-state index contributed by atoms with van der Waals surface area (Å²) in [5.74, 6) is 1.87. The molecule has 0 aromatic heterocycles. The van der Waals surface area contributed by atoms with Crippen LogP contribution in [0.2, 0.25) is 0 Å². The number of ether oxygens (including phenoxy) is 2. The fraction of sp³-hybridized carbons (Fsp3) is 0.235. The molecule has 108 valence electrons. The van der Waals surface area contributed by atoms with Gasteiger partial charge in [-0.15, -0.1) is 11.8 Å². The Labute approximate surface area is 128 Å². The van der Waals surface area contributed by atoms with Gasteiger partial charge in [0.25, 0.3) is 0 Å². The molecule has 0 saturated heterocycles. The molecule has 3 nitrogen and oxygen atoms in total. The van der Waals surface area contributed by atoms with Gasteiger partial charge in [0.15, 0.2) is 17.3 Å². The van der Waals surface area contributed by atoms with Gasteiger partial charge in [-0.25, -0.2) is 0 Å². The standard InChI is InChI=1S/C17H16O3S/c1-11-3-6-17(12(2)7-11)21-9-14(18)13-4-5-15-16(8-13)20-10-19-15/h3-8H,9-10H2,1-2H3. The van der Waals surface area contributed by atoms with E-state index in [-0.39, 0.29) is 12.6 Å². The van der Waals surface area contributed by atoms with Crippen molar-refractivity contribution in [3.8, 4) is 11.5 Å². The summed E-state index contributed by atoms with van der Waals surface area (Å²) in [5, 5.41) is 0. The van der Waals surface area contributed by atoms with E-state index in [2.05, 4.69) is 32.0 Å². The summed E-state index contributed by atoms with van der Waals surface area (Å²) in [5.41, 5.74) is 3.11. The smallest absolute Gasteiger partial charge is 0.231 e. The largest absolute Gasteiger partial charge is 0.454 e. The zero-order valence-electron chi connectivity index (χ0n) is 12.0. The van der Waals surface area contributed by atoms with Crippen molar-refractivity contribution in [3.05, 3.63) is 53.1 Å². The van der Waals surface area contributed by atoms with E-state index in [1.807, 2.05) is 0 Å². The van der Waals surface area contributed by atoms with Crippen LogP contribution >= 0.6 is 11.8 Å². The molecule has 0 saturated carbocycles. The predicted octanol–water partition coefficient (Wildman–Crippen LogP) is 4.01. The van der Waals surface area contributed by atoms with Crippen LogP contribution in [0.5, 0.6) is 11.5 Å². The number of carbonyl (C=O) groups is 1. The maximum Gasteiger partial charge on any atom is 0.231 e. The molecule has 0 spiro atoms. The van der Waals surface area contributed by atoms with Crippen LogP contribution in [0.15, 0.2) is 41.3 Å². The van der Waals surface area contributed by atoms with E-state index < -0.39 is 0 Å². The van der Waals surface area contributed by atoms with Crippen LogP contribution in [0.4, 0.5) is 0 Å². The third kappa shape index (κ3) is 3.05. The summed E-state index contributed by atoms with van der Waals surface area (Å²) < 4.78 is 10.6. The number of aryl methyl sites for hydroxylation is 2. The Morgan fingerprint density at radius 1 is 1.10 bits per heavy atom. The van der Waals surface area contributed by atoms with Crippen molar-refractivity contribution in [3.63, 3.8) is 0 Å². The molecule has 0 amide bonds. The summed E-state index contributed by atoms with van der Waals surface area (Å²) in [6.07, 6.45) is 0. The van der Waals surface area contributed by atoms with Gasteiger partial charge in [0.2, 0.25) is 6.79 Å². The Hall–Kier alpha value is -1.94. The number of thioether (sulfide) groups is 1. The molecule has 21 heavy (non-hydrogen) atoms. The molecule has 0 bridgehead atoms. The molecule has 1 heterocycles. The quantitative estimate of drug-likeness (QED) is 0.631. The number of hydrogen-bond donors (Lipinski definition) is 0. The monoisotopic (exact) mass is 300 g/mol. The highest BCUT2D eigenvalue weighted by Crippen LogP contribution is 2.33. The summed E-state index contributed by atoms with van der Waals surface area (Å²) in [6, 6.07) is 11.6. The topological polar surface area (TPSA) is 35.5 Å². The first-order valence-corrected chi connectivity index (χ1v) is 7.75. The molecule has 4 heteroatoms. The molecule has 0 N–H and O–H groups in total. The number of ketones is 1. The lowest BCUT2D eigenvalue weighted by atomic mass is 10.1. The molecule has 0 radical (unpaired) electrons. The fourth-order valence-corrected chi connectivity index (χ4v) is 3.16. The Morgan fingerprint density at radius 2 is 1.90 bits per heavy atom. The Bertz CT molecular complexity index is 694. The number of hydrogen-bond acceptors (Lipinski definition) is 4. The van der Waals surface area contributed by atoms with Gasteiger partial charge in [-0.3, -0.25) is 4.79 Å². The minimum Gasteiger partial charge on any atom is -0.454 e. The fourth-order valence-electron chi connectivity index (χ4n) is 2.26. The van der Waals surface area contributed by atoms with Crippen molar-refractivity contribution < 1.29 is 14.3 Å². The molecule has 2 aromatic carbocycles. The van der Waals surface area contributed by atoms with Crippen molar-refractivity contribution in [2.45, 2.75) is 18.7 Å². The maximum atomic E-state index is 12.3. The molecule has 2 aromatic rings. The van der Waals surface area contributed by atoms with Gasteiger partial charge in [0, 0.05) is 10.5 Å². The van der Waals surface area contributed by atoms with E-state index in [1.54, 1.807) is 30.0 Å². The molecular weight excluding hydrogens is 284 g/mol. The number of Topliss-reactive ketones (excluding diaryl/α,β-unsaturated/α-hetero) is 1. The molecule has 0 unspecified atom stereocenters. The molecule has 3 rings (SSSR count). The summed E-state index contributed by atoms with van der Waals surface area (Å²) in [4.78, 5) is 13.4. The second kappa shape index (κ2) is 5.82. The first-order chi connectivity index (χ1) is 10.1. The van der Waals surface area contributed by atoms with Crippen molar-refractivity contribution >= 4 is 17.5 Å². The molecule has 0 aliphatic carbocycles. The lowest BCUT2D eigenvalue weighted by Gasteiger charge is -2.06. The maximum absolute atomic E-state index is 12.3. The zero-order valence-corrected chi connectivity index (χ0v) is 12.8. The van der Waals surface area contributed by atoms with Gasteiger partial charge in [-0.2, -0.15) is 0 Å². The Kier molecular flexibility index (Phi) is 3.88. The van der Waals surface area contributed by atoms with Crippen LogP contribution in [-0.2, 0) is 0 Å². The van der Waals surface area contributed by atoms with E-state index in [0.717, 1.165) is 4.90 Å². The number of benzene rings is 2. The van der Waals surface area contributed by atoms with Gasteiger partial charge in [0.1, 0.15) is 0 Å². The second-order valence-electron chi connectivity index (χ2n) is 5.05. The summed E-state index contributed by atoms with van der Waals surface area (Å²) in [6.45, 7) is 4.36. The lowest BCUT2D eigenvalue weighted by Crippen LogP contribution is -2.02. The number of fused-ring (bicyclic) bond motifs is 1. The second-order valence-corrected chi connectivity index (χ2v) is 6.07. The molecule has 1 aliphatic rings. The highest BCUT2D eigenvalue weighted by Gasteiger charge is 2.16. The van der Waals surface area contributed by atoms with Crippen molar-refractivity contribution in [1.29, 1.82) is 0 Å². The molecular formula is C17H16O3S. The average Bonchev–Trinajstić information content (AvgIpc) is 2.93. The van der Waals surface area contributed by atoms with E-state index in [4.69, 9.17) is 9.47 Å². The molecule has 0 fully saturated rings. The average molecular weight is 300 g/mol. The summed E-state index contributed by atoms with van der Waals surface area (Å²) in [7, 11) is 0. The normalized spacial score (nSPS) is 12.5. The molecule has 0 atom stereocenters. The van der Waals surface area contributed by atoms with Crippen LogP contribution in [0.1, 0.15) is 21.5 Å². The Balaban J connectivity index is 1.69. The van der Waals surface area contributed by atoms with Crippen molar-refractivity contribution in [1.82, 2.24) is 0 Å². The van der Waals surface area contributed by atoms with Crippen LogP contribution < -0.4 is 9.47 Å². The highest BCUT2D eigenvalue weighted by atomic mass is 32.2. The third-order valence-corrected chi connectivity index (χ3v) is 4.56. The first-order valence-electron chi connectivity index (χ1n) is 6.76. The minimum atomic E-state index is 0.0956. The van der Waals surface area contributed by atoms with Crippen LogP contribution in [0.25, 0.3) is 0 Å². The number of rotatable bonds is 4. The van der Waals surface area contributed by atoms with Crippen LogP contribution in [0, 0.1) is 13.8 Å². The van der Waals surface area contributed by atoms with Gasteiger partial charge in [0.05, 0.1) is 5.75 Å².